The number of esters is 4. The van der Waals surface area contributed by atoms with Gasteiger partial charge in [0.2, 0.25) is 0 Å². The minimum atomic E-state index is -1.34. The number of benzene rings is 1. The number of hydrogen-bond acceptors (Lipinski definition) is 11. The largest absolute Gasteiger partial charge is 0.463 e. The van der Waals surface area contributed by atoms with E-state index in [9.17, 15) is 23.6 Å². The lowest BCUT2D eigenvalue weighted by Crippen LogP contribution is -2.60. The van der Waals surface area contributed by atoms with E-state index in [-0.39, 0.29) is 6.61 Å². The van der Waals surface area contributed by atoms with Crippen molar-refractivity contribution >= 4 is 23.9 Å². The molecule has 12 nitrogen and oxygen atoms in total. The van der Waals surface area contributed by atoms with Crippen molar-refractivity contribution in [3.63, 3.8) is 0 Å². The number of rotatable bonds is 7. The van der Waals surface area contributed by atoms with Gasteiger partial charge in [0, 0.05) is 33.3 Å². The molecule has 1 fully saturated rings. The standard InChI is InChI=1S/C22H24FN3O9/c1-11(27)31-10-18-19(32-12(2)28)20(33-13(3)29)21(34-14(4)30)22(35-18)26-9-17(24-25-26)15-5-7-16(23)8-6-15/h5-9,18-22H,10H2,1-4H3/t18-,19-,20+,21+,22+/m1/s1. The minimum absolute atomic E-state index is 0.345. The molecule has 1 aliphatic rings. The van der Waals surface area contributed by atoms with E-state index in [1.54, 1.807) is 0 Å². The molecule has 0 bridgehead atoms. The molecule has 1 aromatic heterocycles. The van der Waals surface area contributed by atoms with E-state index >= 15 is 0 Å². The molecule has 5 atom stereocenters. The first kappa shape index (κ1) is 25.7. The summed E-state index contributed by atoms with van der Waals surface area (Å²) in [5.74, 6) is -3.28. The number of nitrogens with zero attached hydrogens (tertiary/aromatic N) is 3. The predicted octanol–water partition coefficient (Wildman–Crippen LogP) is 1.34. The summed E-state index contributed by atoms with van der Waals surface area (Å²) in [5.41, 5.74) is 0.890. The first-order chi connectivity index (χ1) is 16.5. The SMILES string of the molecule is CC(=O)OC[C@H]1O[C@H](n2cc(-c3ccc(F)cc3)nn2)[C@@H](OC(C)=O)[C@@H](OC(C)=O)[C@@H]1OC(C)=O. The topological polar surface area (TPSA) is 145 Å². The van der Waals surface area contributed by atoms with Gasteiger partial charge in [-0.05, 0) is 24.3 Å². The Morgan fingerprint density at radius 1 is 0.886 bits per heavy atom. The van der Waals surface area contributed by atoms with Crippen LogP contribution >= 0.6 is 0 Å². The molecule has 1 aromatic carbocycles. The number of ether oxygens (including phenoxy) is 5. The van der Waals surface area contributed by atoms with Crippen molar-refractivity contribution in [3.8, 4) is 11.3 Å². The predicted molar refractivity (Wildman–Crippen MR) is 113 cm³/mol. The molecule has 13 heteroatoms. The third-order valence-electron chi connectivity index (χ3n) is 4.88. The van der Waals surface area contributed by atoms with Gasteiger partial charge < -0.3 is 23.7 Å². The van der Waals surface area contributed by atoms with Crippen LogP contribution < -0.4 is 0 Å². The van der Waals surface area contributed by atoms with E-state index < -0.39 is 60.3 Å². The molecule has 188 valence electrons. The molecule has 0 saturated carbocycles. The quantitative estimate of drug-likeness (QED) is 0.407. The molecule has 0 unspecified atom stereocenters. The van der Waals surface area contributed by atoms with E-state index in [0.29, 0.717) is 11.3 Å². The van der Waals surface area contributed by atoms with Gasteiger partial charge in [0.05, 0.1) is 6.20 Å². The van der Waals surface area contributed by atoms with Crippen LogP contribution in [0.4, 0.5) is 4.39 Å². The van der Waals surface area contributed by atoms with E-state index in [0.717, 1.165) is 20.8 Å². The third-order valence-corrected chi connectivity index (χ3v) is 4.88. The Hall–Kier alpha value is -3.87. The maximum absolute atomic E-state index is 13.3. The number of hydrogen-bond donors (Lipinski definition) is 0. The number of carbonyl (C=O) groups is 4. The molecule has 1 aliphatic heterocycles. The van der Waals surface area contributed by atoms with Crippen LogP contribution in [0.1, 0.15) is 33.9 Å². The summed E-state index contributed by atoms with van der Waals surface area (Å²) in [6.07, 6.45) is -4.83. The molecule has 2 heterocycles. The average molecular weight is 493 g/mol. The second-order valence-corrected chi connectivity index (χ2v) is 7.68. The highest BCUT2D eigenvalue weighted by Crippen LogP contribution is 2.35. The fourth-order valence-electron chi connectivity index (χ4n) is 3.57. The highest BCUT2D eigenvalue weighted by atomic mass is 19.1. The summed E-state index contributed by atoms with van der Waals surface area (Å²) in [6.45, 7) is 4.21. The van der Waals surface area contributed by atoms with E-state index in [1.165, 1.54) is 42.1 Å². The van der Waals surface area contributed by atoms with Crippen LogP contribution in [0.2, 0.25) is 0 Å². The number of halogens is 1. The summed E-state index contributed by atoms with van der Waals surface area (Å²) < 4.78 is 41.7. The third kappa shape index (κ3) is 6.59. The van der Waals surface area contributed by atoms with Gasteiger partial charge in [0.1, 0.15) is 24.2 Å². The molecule has 0 aliphatic carbocycles. The van der Waals surface area contributed by atoms with Gasteiger partial charge in [0.25, 0.3) is 0 Å². The van der Waals surface area contributed by atoms with Crippen LogP contribution in [0, 0.1) is 5.82 Å². The maximum Gasteiger partial charge on any atom is 0.303 e. The Kier molecular flexibility index (Phi) is 8.12. The summed E-state index contributed by atoms with van der Waals surface area (Å²) >= 11 is 0. The van der Waals surface area contributed by atoms with Crippen molar-refractivity contribution in [3.05, 3.63) is 36.3 Å². The van der Waals surface area contributed by atoms with Crippen molar-refractivity contribution in [1.82, 2.24) is 15.0 Å². The zero-order valence-corrected chi connectivity index (χ0v) is 19.4. The molecule has 0 spiro atoms. The summed E-state index contributed by atoms with van der Waals surface area (Å²) in [5, 5.41) is 8.08. The molecule has 0 radical (unpaired) electrons. The van der Waals surface area contributed by atoms with Crippen LogP contribution in [-0.4, -0.2) is 69.9 Å². The van der Waals surface area contributed by atoms with Crippen molar-refractivity contribution in [2.45, 2.75) is 58.3 Å². The number of aromatic nitrogens is 3. The minimum Gasteiger partial charge on any atom is -0.463 e. The Morgan fingerprint density at radius 3 is 2.03 bits per heavy atom. The van der Waals surface area contributed by atoms with Gasteiger partial charge >= 0.3 is 23.9 Å². The molecule has 1 saturated heterocycles. The van der Waals surface area contributed by atoms with Crippen molar-refractivity contribution in [2.75, 3.05) is 6.61 Å². The van der Waals surface area contributed by atoms with Gasteiger partial charge in [-0.25, -0.2) is 9.07 Å². The average Bonchev–Trinajstić information content (AvgIpc) is 3.24. The van der Waals surface area contributed by atoms with Crippen molar-refractivity contribution in [1.29, 1.82) is 0 Å². The fourth-order valence-corrected chi connectivity index (χ4v) is 3.57. The van der Waals surface area contributed by atoms with Crippen molar-refractivity contribution < 1.29 is 47.3 Å². The van der Waals surface area contributed by atoms with Gasteiger partial charge in [-0.1, -0.05) is 5.21 Å². The van der Waals surface area contributed by atoms with Gasteiger partial charge in [-0.2, -0.15) is 0 Å². The first-order valence-electron chi connectivity index (χ1n) is 10.5. The monoisotopic (exact) mass is 493 g/mol. The Morgan fingerprint density at radius 2 is 1.46 bits per heavy atom. The van der Waals surface area contributed by atoms with E-state index in [4.69, 9.17) is 23.7 Å². The van der Waals surface area contributed by atoms with Crippen LogP contribution in [0.15, 0.2) is 30.5 Å². The molecular weight excluding hydrogens is 469 g/mol. The van der Waals surface area contributed by atoms with Crippen LogP contribution in [-0.2, 0) is 42.9 Å². The molecule has 0 N–H and O–H groups in total. The van der Waals surface area contributed by atoms with Crippen LogP contribution in [0.25, 0.3) is 11.3 Å². The second kappa shape index (κ2) is 11.0. The van der Waals surface area contributed by atoms with E-state index in [1.807, 2.05) is 0 Å². The highest BCUT2D eigenvalue weighted by molar-refractivity contribution is 5.68. The lowest BCUT2D eigenvalue weighted by Gasteiger charge is -2.44. The lowest BCUT2D eigenvalue weighted by atomic mass is 9.97. The maximum atomic E-state index is 13.3. The molecule has 35 heavy (non-hydrogen) atoms. The van der Waals surface area contributed by atoms with E-state index in [2.05, 4.69) is 10.3 Å². The van der Waals surface area contributed by atoms with Crippen LogP contribution in [0.3, 0.4) is 0 Å². The molecule has 2 aromatic rings. The smallest absolute Gasteiger partial charge is 0.303 e. The van der Waals surface area contributed by atoms with Gasteiger partial charge in [-0.15, -0.1) is 5.10 Å². The summed E-state index contributed by atoms with van der Waals surface area (Å²) in [7, 11) is 0. The Labute approximate surface area is 199 Å². The Balaban J connectivity index is 2.03. The molecular formula is C22H24FN3O9. The highest BCUT2D eigenvalue weighted by Gasteiger charge is 2.53. The first-order valence-corrected chi connectivity index (χ1v) is 10.5. The zero-order chi connectivity index (χ0) is 25.7. The van der Waals surface area contributed by atoms with Crippen LogP contribution in [0.5, 0.6) is 0 Å². The van der Waals surface area contributed by atoms with Gasteiger partial charge in [0.15, 0.2) is 24.5 Å². The normalized spacial score (nSPS) is 23.7. The fraction of sp³-hybridized carbons (Fsp3) is 0.455. The summed E-state index contributed by atoms with van der Waals surface area (Å²) in [4.78, 5) is 47.1. The molecule has 0 amide bonds. The van der Waals surface area contributed by atoms with Gasteiger partial charge in [-0.3, -0.25) is 19.2 Å². The Bertz CT molecular complexity index is 1090. The molecule has 3 rings (SSSR count). The lowest BCUT2D eigenvalue weighted by molar-refractivity contribution is -0.270. The zero-order valence-electron chi connectivity index (χ0n) is 19.4. The summed E-state index contributed by atoms with van der Waals surface area (Å²) in [6, 6.07) is 5.50. The number of carbonyl (C=O) groups excluding carboxylic acids is 4. The van der Waals surface area contributed by atoms with Crippen molar-refractivity contribution in [2.24, 2.45) is 0 Å². The second-order valence-electron chi connectivity index (χ2n) is 7.68.